The van der Waals surface area contributed by atoms with Gasteiger partial charge in [0, 0.05) is 5.56 Å². The van der Waals surface area contributed by atoms with Crippen molar-refractivity contribution < 1.29 is 8.78 Å². The molecular weight excluding hydrogens is 194 g/mol. The van der Waals surface area contributed by atoms with Crippen LogP contribution in [0, 0.1) is 11.6 Å². The predicted molar refractivity (Wildman–Crippen MR) is 58.9 cm³/mol. The lowest BCUT2D eigenvalue weighted by Crippen LogP contribution is -2.04. The first-order chi connectivity index (χ1) is 7.20. The molecule has 0 spiro atoms. The van der Waals surface area contributed by atoms with Gasteiger partial charge in [-0.1, -0.05) is 32.8 Å². The zero-order valence-corrected chi connectivity index (χ0v) is 9.39. The highest BCUT2D eigenvalue weighted by Crippen LogP contribution is 2.30. The van der Waals surface area contributed by atoms with Crippen molar-refractivity contribution in [2.75, 3.05) is 0 Å². The summed E-state index contributed by atoms with van der Waals surface area (Å²) in [5, 5.41) is 0. The molecule has 15 heavy (non-hydrogen) atoms. The molecule has 0 unspecified atom stereocenters. The van der Waals surface area contributed by atoms with Gasteiger partial charge >= 0.3 is 0 Å². The number of benzene rings is 1. The van der Waals surface area contributed by atoms with E-state index in [0.717, 1.165) is 25.7 Å². The van der Waals surface area contributed by atoms with Crippen molar-refractivity contribution in [2.24, 2.45) is 0 Å². The third-order valence-corrected chi connectivity index (χ3v) is 2.68. The lowest BCUT2D eigenvalue weighted by molar-refractivity contribution is 0.481. The second kappa shape index (κ2) is 5.84. The number of rotatable bonds is 5. The van der Waals surface area contributed by atoms with Crippen LogP contribution in [-0.4, -0.2) is 0 Å². The van der Waals surface area contributed by atoms with Crippen LogP contribution in [0.1, 0.15) is 51.0 Å². The van der Waals surface area contributed by atoms with Gasteiger partial charge in [0.05, 0.1) is 0 Å². The molecule has 0 heterocycles. The molecule has 0 fully saturated rings. The normalized spacial score (nSPS) is 11.0. The van der Waals surface area contributed by atoms with Crippen LogP contribution in [0.2, 0.25) is 0 Å². The van der Waals surface area contributed by atoms with Gasteiger partial charge in [0.15, 0.2) is 0 Å². The van der Waals surface area contributed by atoms with Gasteiger partial charge in [-0.15, -0.1) is 0 Å². The molecule has 0 aliphatic carbocycles. The lowest BCUT2D eigenvalue weighted by Gasteiger charge is -2.17. The van der Waals surface area contributed by atoms with Crippen LogP contribution in [0.3, 0.4) is 0 Å². The molecule has 1 aromatic rings. The van der Waals surface area contributed by atoms with Crippen molar-refractivity contribution in [3.05, 3.63) is 35.4 Å². The summed E-state index contributed by atoms with van der Waals surface area (Å²) in [6.07, 6.45) is 3.62. The Morgan fingerprint density at radius 3 is 1.87 bits per heavy atom. The summed E-state index contributed by atoms with van der Waals surface area (Å²) in [6, 6.07) is 4.11. The molecule has 0 saturated carbocycles. The van der Waals surface area contributed by atoms with E-state index in [-0.39, 0.29) is 11.5 Å². The van der Waals surface area contributed by atoms with Gasteiger partial charge < -0.3 is 0 Å². The first-order valence-corrected chi connectivity index (χ1v) is 5.64. The van der Waals surface area contributed by atoms with Crippen molar-refractivity contribution in [2.45, 2.75) is 45.4 Å². The molecular formula is C13H18F2. The smallest absolute Gasteiger partial charge is 0.129 e. The highest BCUT2D eigenvalue weighted by atomic mass is 19.1. The van der Waals surface area contributed by atoms with E-state index in [0.29, 0.717) is 0 Å². The minimum atomic E-state index is -0.401. The Labute approximate surface area is 90.3 Å². The summed E-state index contributed by atoms with van der Waals surface area (Å²) in [5.74, 6) is -0.773. The van der Waals surface area contributed by atoms with Crippen molar-refractivity contribution in [3.63, 3.8) is 0 Å². The Kier molecular flexibility index (Phi) is 4.73. The molecule has 0 atom stereocenters. The lowest BCUT2D eigenvalue weighted by atomic mass is 9.89. The van der Waals surface area contributed by atoms with Crippen LogP contribution >= 0.6 is 0 Å². The summed E-state index contributed by atoms with van der Waals surface area (Å²) in [7, 11) is 0. The molecule has 0 saturated heterocycles. The van der Waals surface area contributed by atoms with Gasteiger partial charge in [-0.2, -0.15) is 0 Å². The zero-order chi connectivity index (χ0) is 11.3. The molecule has 0 aromatic heterocycles. The standard InChI is InChI=1S/C13H18F2/c1-3-6-10(7-4-2)13-11(14)8-5-9-12(13)15/h5,8-10H,3-4,6-7H2,1-2H3. The van der Waals surface area contributed by atoms with E-state index in [9.17, 15) is 8.78 Å². The Balaban J connectivity index is 2.98. The third-order valence-electron chi connectivity index (χ3n) is 2.68. The van der Waals surface area contributed by atoms with Gasteiger partial charge in [-0.3, -0.25) is 0 Å². The quantitative estimate of drug-likeness (QED) is 0.666. The molecule has 0 N–H and O–H groups in total. The molecule has 0 radical (unpaired) electrons. The van der Waals surface area contributed by atoms with E-state index >= 15 is 0 Å². The molecule has 84 valence electrons. The van der Waals surface area contributed by atoms with E-state index in [1.165, 1.54) is 18.2 Å². The Morgan fingerprint density at radius 1 is 1.00 bits per heavy atom. The summed E-state index contributed by atoms with van der Waals surface area (Å²) in [5.41, 5.74) is 0.279. The Hall–Kier alpha value is -0.920. The van der Waals surface area contributed by atoms with Gasteiger partial charge in [-0.05, 0) is 30.9 Å². The van der Waals surface area contributed by atoms with Crippen LogP contribution in [0.25, 0.3) is 0 Å². The Bertz CT molecular complexity index is 281. The SMILES string of the molecule is CCCC(CCC)c1c(F)cccc1F. The second-order valence-corrected chi connectivity index (χ2v) is 3.91. The van der Waals surface area contributed by atoms with Crippen LogP contribution in [0.15, 0.2) is 18.2 Å². The molecule has 1 rings (SSSR count). The summed E-state index contributed by atoms with van der Waals surface area (Å²) in [4.78, 5) is 0. The number of halogens is 2. The fourth-order valence-electron chi connectivity index (χ4n) is 2.03. The Morgan fingerprint density at radius 2 is 1.47 bits per heavy atom. The monoisotopic (exact) mass is 212 g/mol. The average Bonchev–Trinajstić information content (AvgIpc) is 2.18. The molecule has 0 nitrogen and oxygen atoms in total. The zero-order valence-electron chi connectivity index (χ0n) is 9.39. The van der Waals surface area contributed by atoms with E-state index in [2.05, 4.69) is 0 Å². The molecule has 2 heteroatoms. The van der Waals surface area contributed by atoms with Gasteiger partial charge in [-0.25, -0.2) is 8.78 Å². The van der Waals surface area contributed by atoms with Gasteiger partial charge in [0.1, 0.15) is 11.6 Å². The summed E-state index contributed by atoms with van der Waals surface area (Å²) in [6.45, 7) is 4.09. The highest BCUT2D eigenvalue weighted by molar-refractivity contribution is 5.23. The summed E-state index contributed by atoms with van der Waals surface area (Å²) >= 11 is 0. The topological polar surface area (TPSA) is 0 Å². The van der Waals surface area contributed by atoms with Crippen molar-refractivity contribution in [1.82, 2.24) is 0 Å². The van der Waals surface area contributed by atoms with Crippen LogP contribution < -0.4 is 0 Å². The van der Waals surface area contributed by atoms with E-state index in [4.69, 9.17) is 0 Å². The fraction of sp³-hybridized carbons (Fsp3) is 0.538. The largest absolute Gasteiger partial charge is 0.207 e. The predicted octanol–water partition coefficient (Wildman–Crippen LogP) is 4.65. The average molecular weight is 212 g/mol. The maximum atomic E-state index is 13.5. The molecule has 1 aromatic carbocycles. The molecule has 0 amide bonds. The van der Waals surface area contributed by atoms with Gasteiger partial charge in [0.2, 0.25) is 0 Å². The fourth-order valence-corrected chi connectivity index (χ4v) is 2.03. The van der Waals surface area contributed by atoms with Crippen LogP contribution in [-0.2, 0) is 0 Å². The molecule has 0 aliphatic heterocycles. The molecule has 0 bridgehead atoms. The van der Waals surface area contributed by atoms with E-state index < -0.39 is 11.6 Å². The maximum absolute atomic E-state index is 13.5. The second-order valence-electron chi connectivity index (χ2n) is 3.91. The molecule has 0 aliphatic rings. The third kappa shape index (κ3) is 3.01. The van der Waals surface area contributed by atoms with Crippen molar-refractivity contribution in [1.29, 1.82) is 0 Å². The van der Waals surface area contributed by atoms with Crippen molar-refractivity contribution in [3.8, 4) is 0 Å². The summed E-state index contributed by atoms with van der Waals surface area (Å²) < 4.78 is 27.0. The number of hydrogen-bond donors (Lipinski definition) is 0. The minimum absolute atomic E-state index is 0.0289. The van der Waals surface area contributed by atoms with Gasteiger partial charge in [0.25, 0.3) is 0 Å². The maximum Gasteiger partial charge on any atom is 0.129 e. The van der Waals surface area contributed by atoms with Crippen molar-refractivity contribution >= 4 is 0 Å². The first-order valence-electron chi connectivity index (χ1n) is 5.64. The van der Waals surface area contributed by atoms with E-state index in [1.807, 2.05) is 13.8 Å². The minimum Gasteiger partial charge on any atom is -0.207 e. The number of hydrogen-bond acceptors (Lipinski definition) is 0. The van der Waals surface area contributed by atoms with Crippen LogP contribution in [0.5, 0.6) is 0 Å². The highest BCUT2D eigenvalue weighted by Gasteiger charge is 2.18. The van der Waals surface area contributed by atoms with Crippen LogP contribution in [0.4, 0.5) is 8.78 Å². The van der Waals surface area contributed by atoms with E-state index in [1.54, 1.807) is 0 Å². The first kappa shape index (κ1) is 12.2.